The molecule has 30 heavy (non-hydrogen) atoms. The maximum Gasteiger partial charge on any atom is 0.294 e. The zero-order valence-electron chi connectivity index (χ0n) is 17.2. The number of anilines is 2. The van der Waals surface area contributed by atoms with Crippen molar-refractivity contribution in [1.29, 1.82) is 0 Å². The molecule has 2 aromatic carbocycles. The van der Waals surface area contributed by atoms with Crippen LogP contribution in [0, 0.1) is 20.8 Å². The van der Waals surface area contributed by atoms with E-state index < -0.39 is 6.04 Å². The molecule has 6 heteroatoms. The zero-order chi connectivity index (χ0) is 20.5. The molecular formula is C24H24IN3O2. The van der Waals surface area contributed by atoms with Crippen LogP contribution in [0.3, 0.4) is 0 Å². The second kappa shape index (κ2) is 8.95. The zero-order valence-corrected chi connectivity index (χ0v) is 19.4. The predicted molar refractivity (Wildman–Crippen MR) is 113 cm³/mol. The third-order valence-corrected chi connectivity index (χ3v) is 5.44. The van der Waals surface area contributed by atoms with Gasteiger partial charge in [-0.05, 0) is 43.5 Å². The highest BCUT2D eigenvalue weighted by atomic mass is 127. The highest BCUT2D eigenvalue weighted by molar-refractivity contribution is 6.06. The van der Waals surface area contributed by atoms with E-state index in [1.165, 1.54) is 0 Å². The Labute approximate surface area is 193 Å². The van der Waals surface area contributed by atoms with Crippen molar-refractivity contribution in [3.63, 3.8) is 0 Å². The maximum atomic E-state index is 13.6. The van der Waals surface area contributed by atoms with Gasteiger partial charge < -0.3 is 29.3 Å². The van der Waals surface area contributed by atoms with Gasteiger partial charge in [-0.1, -0.05) is 42.5 Å². The molecule has 3 aromatic rings. The number of aryl methyl sites for hydroxylation is 3. The molecule has 1 aromatic heterocycles. The van der Waals surface area contributed by atoms with E-state index in [0.29, 0.717) is 0 Å². The van der Waals surface area contributed by atoms with E-state index in [9.17, 15) is 9.59 Å². The molecule has 2 heterocycles. The quantitative estimate of drug-likeness (QED) is 0.413. The lowest BCUT2D eigenvalue weighted by molar-refractivity contribution is -0.695. The van der Waals surface area contributed by atoms with Gasteiger partial charge in [0.25, 0.3) is 11.8 Å². The largest absolute Gasteiger partial charge is 1.00 e. The number of rotatable bonds is 3. The van der Waals surface area contributed by atoms with E-state index in [1.807, 2.05) is 92.2 Å². The van der Waals surface area contributed by atoms with Crippen molar-refractivity contribution in [2.45, 2.75) is 33.4 Å². The minimum absolute atomic E-state index is 0. The van der Waals surface area contributed by atoms with E-state index in [0.717, 1.165) is 33.8 Å². The lowest BCUT2D eigenvalue weighted by Gasteiger charge is -2.33. The summed E-state index contributed by atoms with van der Waals surface area (Å²) in [4.78, 5) is 28.3. The number of halogens is 1. The summed E-state index contributed by atoms with van der Waals surface area (Å²) in [5, 5.41) is 3.08. The number of nitrogens with one attached hydrogen (secondary N) is 1. The Hall–Kier alpha value is -2.74. The van der Waals surface area contributed by atoms with Crippen LogP contribution in [-0.2, 0) is 16.1 Å². The number of fused-ring (bicyclic) bond motifs is 1. The summed E-state index contributed by atoms with van der Waals surface area (Å²) in [6.07, 6.45) is 1.85. The molecular weight excluding hydrogens is 489 g/mol. The van der Waals surface area contributed by atoms with Gasteiger partial charge in [-0.25, -0.2) is 0 Å². The van der Waals surface area contributed by atoms with Crippen molar-refractivity contribution in [3.05, 3.63) is 89.2 Å². The summed E-state index contributed by atoms with van der Waals surface area (Å²) in [6, 6.07) is 18.5. The first kappa shape index (κ1) is 22.0. The Bertz CT molecular complexity index is 1090. The van der Waals surface area contributed by atoms with Crippen LogP contribution in [0.2, 0.25) is 0 Å². The molecule has 0 aliphatic carbocycles. The fraction of sp³-hybridized carbons (Fsp3) is 0.208. The molecule has 1 atom stereocenters. The fourth-order valence-corrected chi connectivity index (χ4v) is 3.94. The number of aromatic nitrogens is 1. The minimum Gasteiger partial charge on any atom is -1.00 e. The number of nitrogens with zero attached hydrogens (tertiary/aromatic N) is 2. The Kier molecular flexibility index (Phi) is 6.55. The number of carbonyl (C=O) groups excluding carboxylic acids is 2. The molecule has 0 radical (unpaired) electrons. The number of benzene rings is 2. The van der Waals surface area contributed by atoms with E-state index >= 15 is 0 Å². The number of amides is 2. The van der Waals surface area contributed by atoms with Gasteiger partial charge in [0, 0.05) is 23.5 Å². The van der Waals surface area contributed by atoms with Gasteiger partial charge in [0.05, 0.1) is 0 Å². The normalized spacial score (nSPS) is 15.2. The molecule has 154 valence electrons. The molecule has 1 aliphatic rings. The van der Waals surface area contributed by atoms with Crippen LogP contribution in [0.15, 0.2) is 66.9 Å². The van der Waals surface area contributed by atoms with Gasteiger partial charge in [-0.15, -0.1) is 0 Å². The molecule has 0 bridgehead atoms. The van der Waals surface area contributed by atoms with Gasteiger partial charge in [0.2, 0.25) is 18.3 Å². The standard InChI is InChI=1S/C24H23N3O2.HI/c1-16-9-4-5-12-19(16)27-21(28)15-26-14-7-6-13-20(26)23(27)24(29)25-22-17(2)10-8-11-18(22)3;/h4-14,23H,15H2,1-3H3;1H. The Morgan fingerprint density at radius 3 is 2.27 bits per heavy atom. The average Bonchev–Trinajstić information content (AvgIpc) is 2.70. The van der Waals surface area contributed by atoms with Crippen LogP contribution in [0.1, 0.15) is 28.4 Å². The highest BCUT2D eigenvalue weighted by Gasteiger charge is 2.44. The van der Waals surface area contributed by atoms with E-state index in [4.69, 9.17) is 0 Å². The summed E-state index contributed by atoms with van der Waals surface area (Å²) in [7, 11) is 0. The molecule has 0 saturated carbocycles. The smallest absolute Gasteiger partial charge is 0.294 e. The Balaban J connectivity index is 0.00000256. The van der Waals surface area contributed by atoms with Crippen LogP contribution in [0.4, 0.5) is 11.4 Å². The number of carbonyl (C=O) groups is 2. The van der Waals surface area contributed by atoms with Gasteiger partial charge in [-0.2, -0.15) is 4.57 Å². The predicted octanol–water partition coefficient (Wildman–Crippen LogP) is 0.630. The number of hydrogen-bond donors (Lipinski definition) is 1. The van der Waals surface area contributed by atoms with Gasteiger partial charge in [0.15, 0.2) is 6.20 Å². The van der Waals surface area contributed by atoms with Crippen LogP contribution >= 0.6 is 0 Å². The summed E-state index contributed by atoms with van der Waals surface area (Å²) < 4.78 is 1.85. The first-order chi connectivity index (χ1) is 14.0. The van der Waals surface area contributed by atoms with Gasteiger partial charge >= 0.3 is 0 Å². The average molecular weight is 513 g/mol. The topological polar surface area (TPSA) is 53.3 Å². The van der Waals surface area contributed by atoms with E-state index in [2.05, 4.69) is 5.32 Å². The van der Waals surface area contributed by atoms with Crippen LogP contribution < -0.4 is 38.8 Å². The monoisotopic (exact) mass is 513 g/mol. The summed E-state index contributed by atoms with van der Waals surface area (Å²) >= 11 is 0. The molecule has 4 rings (SSSR count). The summed E-state index contributed by atoms with van der Waals surface area (Å²) in [5.74, 6) is -0.330. The maximum absolute atomic E-state index is 13.6. The highest BCUT2D eigenvalue weighted by Crippen LogP contribution is 2.32. The van der Waals surface area contributed by atoms with Crippen molar-refractivity contribution in [1.82, 2.24) is 0 Å². The van der Waals surface area contributed by atoms with Crippen molar-refractivity contribution >= 4 is 23.2 Å². The first-order valence-corrected chi connectivity index (χ1v) is 9.70. The van der Waals surface area contributed by atoms with Crippen molar-refractivity contribution in [2.24, 2.45) is 0 Å². The Morgan fingerprint density at radius 2 is 1.57 bits per heavy atom. The SMILES string of the molecule is Cc1ccccc1N1C(=O)C[n+]2ccccc2C1C(=O)Nc1c(C)cccc1C.[I-]. The number of pyridine rings is 1. The molecule has 1 unspecified atom stereocenters. The third-order valence-electron chi connectivity index (χ3n) is 5.44. The van der Waals surface area contributed by atoms with E-state index in [-0.39, 0.29) is 42.3 Å². The third kappa shape index (κ3) is 3.96. The second-order valence-electron chi connectivity index (χ2n) is 7.46. The molecule has 0 spiro atoms. The van der Waals surface area contributed by atoms with Gasteiger partial charge in [-0.3, -0.25) is 14.5 Å². The van der Waals surface area contributed by atoms with E-state index in [1.54, 1.807) is 4.90 Å². The fourth-order valence-electron chi connectivity index (χ4n) is 3.94. The van der Waals surface area contributed by atoms with Crippen molar-refractivity contribution < 1.29 is 38.1 Å². The lowest BCUT2D eigenvalue weighted by Crippen LogP contribution is -3.00. The van der Waals surface area contributed by atoms with Crippen LogP contribution in [-0.4, -0.2) is 11.8 Å². The molecule has 2 amide bonds. The number of hydrogen-bond acceptors (Lipinski definition) is 2. The molecule has 0 fully saturated rings. The summed E-state index contributed by atoms with van der Waals surface area (Å²) in [5.41, 5.74) is 5.28. The minimum atomic E-state index is -0.752. The molecule has 5 nitrogen and oxygen atoms in total. The van der Waals surface area contributed by atoms with Crippen molar-refractivity contribution in [2.75, 3.05) is 10.2 Å². The lowest BCUT2D eigenvalue weighted by atomic mass is 10.0. The molecule has 1 aliphatic heterocycles. The van der Waals surface area contributed by atoms with Crippen molar-refractivity contribution in [3.8, 4) is 0 Å². The van der Waals surface area contributed by atoms with Gasteiger partial charge in [0.1, 0.15) is 0 Å². The molecule has 1 N–H and O–H groups in total. The van der Waals surface area contributed by atoms with Crippen LogP contribution in [0.25, 0.3) is 0 Å². The van der Waals surface area contributed by atoms with Crippen LogP contribution in [0.5, 0.6) is 0 Å². The molecule has 0 saturated heterocycles. The first-order valence-electron chi connectivity index (χ1n) is 9.70. The second-order valence-corrected chi connectivity index (χ2v) is 7.46. The number of para-hydroxylation sites is 2. The summed E-state index contributed by atoms with van der Waals surface area (Å²) in [6.45, 7) is 6.10. The Morgan fingerprint density at radius 1 is 0.933 bits per heavy atom.